The molecule has 0 saturated carbocycles. The molecule has 0 radical (unpaired) electrons. The predicted molar refractivity (Wildman–Crippen MR) is 116 cm³/mol. The van der Waals surface area contributed by atoms with Gasteiger partial charge in [0, 0.05) is 42.8 Å². The van der Waals surface area contributed by atoms with Gasteiger partial charge in [0.2, 0.25) is 0 Å². The number of hydrogen-bond acceptors (Lipinski definition) is 3. The Morgan fingerprint density at radius 1 is 1.17 bits per heavy atom. The summed E-state index contributed by atoms with van der Waals surface area (Å²) in [6, 6.07) is 10.3. The number of rotatable bonds is 5. The van der Waals surface area contributed by atoms with Gasteiger partial charge in [-0.25, -0.2) is 9.11 Å². The molecule has 160 valence electrons. The number of aryl methyl sites for hydroxylation is 1. The highest BCUT2D eigenvalue weighted by atomic mass is 32.2. The van der Waals surface area contributed by atoms with E-state index in [1.54, 1.807) is 25.1 Å². The Kier molecular flexibility index (Phi) is 5.12. The molecule has 2 N–H and O–H groups in total. The Morgan fingerprint density at radius 3 is 2.47 bits per heavy atom. The summed E-state index contributed by atoms with van der Waals surface area (Å²) < 4.78 is 44.0. The van der Waals surface area contributed by atoms with E-state index in [0.29, 0.717) is 18.7 Å². The molecule has 1 aliphatic rings. The number of aromatic hydroxyl groups is 1. The van der Waals surface area contributed by atoms with Crippen molar-refractivity contribution >= 4 is 21.1 Å². The molecule has 1 aliphatic heterocycles. The zero-order valence-corrected chi connectivity index (χ0v) is 18.3. The lowest BCUT2D eigenvalue weighted by Crippen LogP contribution is -2.52. The van der Waals surface area contributed by atoms with Crippen molar-refractivity contribution in [2.45, 2.75) is 32.6 Å². The molecule has 2 heterocycles. The zero-order valence-electron chi connectivity index (χ0n) is 17.5. The van der Waals surface area contributed by atoms with Crippen LogP contribution < -0.4 is 4.72 Å². The summed E-state index contributed by atoms with van der Waals surface area (Å²) in [6.45, 7) is 6.66. The second-order valence-electron chi connectivity index (χ2n) is 8.15. The average molecular weight is 432 g/mol. The van der Waals surface area contributed by atoms with E-state index < -0.39 is 10.2 Å². The normalized spacial score (nSPS) is 15.8. The van der Waals surface area contributed by atoms with Gasteiger partial charge in [-0.2, -0.15) is 12.7 Å². The highest BCUT2D eigenvalue weighted by Gasteiger charge is 2.39. The van der Waals surface area contributed by atoms with Crippen LogP contribution >= 0.6 is 0 Å². The monoisotopic (exact) mass is 431 g/mol. The summed E-state index contributed by atoms with van der Waals surface area (Å²) in [4.78, 5) is 0. The minimum absolute atomic E-state index is 0.0117. The van der Waals surface area contributed by atoms with Crippen molar-refractivity contribution in [1.82, 2.24) is 13.6 Å². The molecule has 8 heteroatoms. The lowest BCUT2D eigenvalue weighted by molar-refractivity contribution is 0.261. The molecule has 0 aliphatic carbocycles. The Balaban J connectivity index is 1.93. The van der Waals surface area contributed by atoms with E-state index in [1.165, 1.54) is 17.4 Å². The van der Waals surface area contributed by atoms with Gasteiger partial charge in [-0.05, 0) is 60.4 Å². The Hall–Kier alpha value is -2.42. The molecule has 0 amide bonds. The maximum Gasteiger partial charge on any atom is 0.279 e. The quantitative estimate of drug-likeness (QED) is 0.646. The Morgan fingerprint density at radius 2 is 1.87 bits per heavy atom. The first-order chi connectivity index (χ1) is 14.1. The van der Waals surface area contributed by atoms with E-state index in [9.17, 15) is 17.9 Å². The van der Waals surface area contributed by atoms with Gasteiger partial charge in [0.05, 0.1) is 5.52 Å². The van der Waals surface area contributed by atoms with Gasteiger partial charge in [0.15, 0.2) is 0 Å². The Bertz CT molecular complexity index is 1230. The summed E-state index contributed by atoms with van der Waals surface area (Å²) in [5.41, 5.74) is 4.40. The van der Waals surface area contributed by atoms with Crippen molar-refractivity contribution in [2.75, 3.05) is 20.1 Å². The summed E-state index contributed by atoms with van der Waals surface area (Å²) in [7, 11) is -2.06. The van der Waals surface area contributed by atoms with Crippen LogP contribution in [-0.2, 0) is 10.2 Å². The van der Waals surface area contributed by atoms with E-state index in [4.69, 9.17) is 0 Å². The van der Waals surface area contributed by atoms with Gasteiger partial charge >= 0.3 is 0 Å². The number of halogens is 1. The third kappa shape index (κ3) is 3.29. The van der Waals surface area contributed by atoms with Gasteiger partial charge in [-0.3, -0.25) is 0 Å². The number of aromatic nitrogens is 1. The van der Waals surface area contributed by atoms with Crippen LogP contribution in [0.15, 0.2) is 36.4 Å². The van der Waals surface area contributed by atoms with Crippen molar-refractivity contribution in [3.05, 3.63) is 59.0 Å². The smallest absolute Gasteiger partial charge is 0.279 e. The average Bonchev–Trinajstić information content (AvgIpc) is 2.97. The van der Waals surface area contributed by atoms with Crippen LogP contribution in [0.4, 0.5) is 4.39 Å². The molecular weight excluding hydrogens is 405 g/mol. The first kappa shape index (κ1) is 20.8. The van der Waals surface area contributed by atoms with E-state index in [2.05, 4.69) is 23.1 Å². The van der Waals surface area contributed by atoms with E-state index in [0.717, 1.165) is 27.8 Å². The molecule has 6 nitrogen and oxygen atoms in total. The minimum Gasteiger partial charge on any atom is -0.508 e. The predicted octanol–water partition coefficient (Wildman–Crippen LogP) is 3.77. The number of fused-ring (bicyclic) bond motifs is 1. The molecule has 3 aromatic rings. The third-order valence-electron chi connectivity index (χ3n) is 5.83. The largest absolute Gasteiger partial charge is 0.508 e. The third-order valence-corrected chi connectivity index (χ3v) is 7.32. The van der Waals surface area contributed by atoms with Gasteiger partial charge in [0.1, 0.15) is 11.6 Å². The van der Waals surface area contributed by atoms with Gasteiger partial charge in [0.25, 0.3) is 10.2 Å². The van der Waals surface area contributed by atoms with Gasteiger partial charge in [-0.15, -0.1) is 0 Å². The lowest BCUT2D eigenvalue weighted by Gasteiger charge is -2.38. The molecule has 0 unspecified atom stereocenters. The fraction of sp³-hybridized carbons (Fsp3) is 0.364. The number of nitrogens with one attached hydrogen (secondary N) is 1. The fourth-order valence-corrected chi connectivity index (χ4v) is 5.32. The maximum atomic E-state index is 13.9. The van der Waals surface area contributed by atoms with Crippen molar-refractivity contribution < 1.29 is 17.9 Å². The van der Waals surface area contributed by atoms with Crippen LogP contribution in [0, 0.1) is 12.7 Å². The minimum atomic E-state index is -3.47. The number of hydrogen-bond donors (Lipinski definition) is 2. The lowest BCUT2D eigenvalue weighted by atomic mass is 9.88. The van der Waals surface area contributed by atoms with Crippen LogP contribution in [0.3, 0.4) is 0 Å². The summed E-state index contributed by atoms with van der Waals surface area (Å²) in [5.74, 6) is 0.0454. The molecule has 2 aromatic carbocycles. The van der Waals surface area contributed by atoms with Gasteiger partial charge in [-0.1, -0.05) is 13.8 Å². The molecule has 0 bridgehead atoms. The van der Waals surface area contributed by atoms with Crippen LogP contribution in [-0.4, -0.2) is 42.5 Å². The second kappa shape index (κ2) is 7.37. The van der Waals surface area contributed by atoms with E-state index in [1.807, 2.05) is 12.1 Å². The zero-order chi connectivity index (χ0) is 21.8. The SMILES string of the molecule is CNS(=O)(=O)N1CC(c2c(C(C)C)n(-c3ccc(F)c(C)c3)c3ccc(O)cc23)C1. The van der Waals surface area contributed by atoms with E-state index in [-0.39, 0.29) is 23.4 Å². The number of phenolic OH excluding ortho intramolecular Hbond substituents is 1. The van der Waals surface area contributed by atoms with Crippen LogP contribution in [0.1, 0.15) is 42.5 Å². The fourth-order valence-electron chi connectivity index (χ4n) is 4.31. The molecule has 0 spiro atoms. The topological polar surface area (TPSA) is 74.6 Å². The van der Waals surface area contributed by atoms with Crippen molar-refractivity contribution in [1.29, 1.82) is 0 Å². The summed E-state index contributed by atoms with van der Waals surface area (Å²) in [6.07, 6.45) is 0. The summed E-state index contributed by atoms with van der Waals surface area (Å²) >= 11 is 0. The van der Waals surface area contributed by atoms with Crippen molar-refractivity contribution in [3.8, 4) is 11.4 Å². The number of phenols is 1. The highest BCUT2D eigenvalue weighted by Crippen LogP contribution is 2.43. The highest BCUT2D eigenvalue weighted by molar-refractivity contribution is 7.87. The number of nitrogens with zero attached hydrogens (tertiary/aromatic N) is 2. The van der Waals surface area contributed by atoms with Crippen molar-refractivity contribution in [3.63, 3.8) is 0 Å². The second-order valence-corrected chi connectivity index (χ2v) is 10.0. The molecule has 4 rings (SSSR count). The Labute approximate surface area is 176 Å². The van der Waals surface area contributed by atoms with Crippen LogP contribution in [0.5, 0.6) is 5.75 Å². The molecule has 1 saturated heterocycles. The van der Waals surface area contributed by atoms with Crippen LogP contribution in [0.25, 0.3) is 16.6 Å². The molecule has 30 heavy (non-hydrogen) atoms. The first-order valence-corrected chi connectivity index (χ1v) is 11.4. The van der Waals surface area contributed by atoms with Crippen molar-refractivity contribution in [2.24, 2.45) is 0 Å². The number of benzene rings is 2. The molecule has 1 fully saturated rings. The molecule has 1 aromatic heterocycles. The molecular formula is C22H26FN3O3S. The molecule has 0 atom stereocenters. The summed E-state index contributed by atoms with van der Waals surface area (Å²) in [5, 5.41) is 11.1. The van der Waals surface area contributed by atoms with Crippen LogP contribution in [0.2, 0.25) is 0 Å². The first-order valence-electron chi connectivity index (χ1n) is 9.96. The maximum absolute atomic E-state index is 13.9. The van der Waals surface area contributed by atoms with E-state index >= 15 is 0 Å². The van der Waals surface area contributed by atoms with Gasteiger partial charge < -0.3 is 9.67 Å². The standard InChI is InChI=1S/C22H26FN3O3S/c1-13(2)22-21(15-11-25(12-15)30(28,29)24-4)18-10-17(27)6-8-20(18)26(22)16-5-7-19(23)14(3)9-16/h5-10,13,15,24,27H,11-12H2,1-4H3.